The zero-order chi connectivity index (χ0) is 23.0. The summed E-state index contributed by atoms with van der Waals surface area (Å²) in [6, 6.07) is 11.0. The lowest BCUT2D eigenvalue weighted by Gasteiger charge is -2.24. The monoisotopic (exact) mass is 480 g/mol. The number of nitrogens with zero attached hydrogens (tertiary/aromatic N) is 1. The molecule has 2 aromatic rings. The van der Waals surface area contributed by atoms with Gasteiger partial charge in [-0.1, -0.05) is 19.3 Å². The molecule has 1 aliphatic carbocycles. The summed E-state index contributed by atoms with van der Waals surface area (Å²) in [5, 5.41) is 3.48. The van der Waals surface area contributed by atoms with Crippen molar-refractivity contribution in [2.24, 2.45) is 0 Å². The van der Waals surface area contributed by atoms with Crippen LogP contribution in [0.4, 0.5) is 10.1 Å². The summed E-state index contributed by atoms with van der Waals surface area (Å²) in [5.74, 6) is 0.435. The second-order valence-corrected chi connectivity index (χ2v) is 10.9. The van der Waals surface area contributed by atoms with E-state index in [9.17, 15) is 17.6 Å². The van der Waals surface area contributed by atoms with Crippen molar-refractivity contribution >= 4 is 33.4 Å². The minimum absolute atomic E-state index is 0.0876. The van der Waals surface area contributed by atoms with Gasteiger partial charge in [0, 0.05) is 17.5 Å². The molecular formula is C23H29FN2O4S2. The maximum atomic E-state index is 13.3. The van der Waals surface area contributed by atoms with Gasteiger partial charge >= 0.3 is 0 Å². The highest BCUT2D eigenvalue weighted by Crippen LogP contribution is 2.28. The second-order valence-electron chi connectivity index (χ2n) is 7.64. The number of anilines is 1. The van der Waals surface area contributed by atoms with Crippen LogP contribution < -0.4 is 14.4 Å². The van der Waals surface area contributed by atoms with Crippen molar-refractivity contribution in [1.29, 1.82) is 0 Å². The van der Waals surface area contributed by atoms with E-state index in [-0.39, 0.29) is 11.4 Å². The van der Waals surface area contributed by atoms with Crippen LogP contribution in [0.3, 0.4) is 0 Å². The Balaban J connectivity index is 1.69. The van der Waals surface area contributed by atoms with Gasteiger partial charge in [-0.2, -0.15) is 11.8 Å². The summed E-state index contributed by atoms with van der Waals surface area (Å²) in [7, 11) is -2.56. The largest absolute Gasteiger partial charge is 0.497 e. The lowest BCUT2D eigenvalue weighted by Crippen LogP contribution is -2.41. The van der Waals surface area contributed by atoms with E-state index in [0.717, 1.165) is 22.2 Å². The molecule has 0 atom stereocenters. The SMILES string of the molecule is COc1ccc(N(CC(=O)NCCSC2CCCCC2)S(=O)(=O)c2ccc(F)cc2)cc1. The number of carbonyl (C=O) groups is 1. The number of halogens is 1. The lowest BCUT2D eigenvalue weighted by atomic mass is 10.0. The van der Waals surface area contributed by atoms with Gasteiger partial charge < -0.3 is 10.1 Å². The molecule has 0 bridgehead atoms. The van der Waals surface area contributed by atoms with Gasteiger partial charge in [0.05, 0.1) is 17.7 Å². The van der Waals surface area contributed by atoms with E-state index in [0.29, 0.717) is 23.2 Å². The molecule has 9 heteroatoms. The molecule has 0 aliphatic heterocycles. The molecule has 6 nitrogen and oxygen atoms in total. The summed E-state index contributed by atoms with van der Waals surface area (Å²) in [5.41, 5.74) is 0.321. The standard InChI is InChI=1S/C23H29FN2O4S2/c1-30-20-11-9-19(10-12-20)26(32(28,29)22-13-7-18(24)8-14-22)17-23(27)25-15-16-31-21-5-3-2-4-6-21/h7-14,21H,2-6,15-17H2,1H3,(H,25,27). The topological polar surface area (TPSA) is 75.7 Å². The van der Waals surface area contributed by atoms with Crippen LogP contribution in [0.1, 0.15) is 32.1 Å². The molecule has 0 saturated heterocycles. The molecule has 2 aromatic carbocycles. The number of rotatable bonds is 10. The smallest absolute Gasteiger partial charge is 0.264 e. The van der Waals surface area contributed by atoms with E-state index in [2.05, 4.69) is 5.32 Å². The summed E-state index contributed by atoms with van der Waals surface area (Å²) in [6.07, 6.45) is 6.28. The highest BCUT2D eigenvalue weighted by molar-refractivity contribution is 7.99. The number of amides is 1. The van der Waals surface area contributed by atoms with Gasteiger partial charge in [-0.3, -0.25) is 9.10 Å². The van der Waals surface area contributed by atoms with E-state index in [1.807, 2.05) is 11.8 Å². The fraction of sp³-hybridized carbons (Fsp3) is 0.435. The van der Waals surface area contributed by atoms with Crippen LogP contribution in [0.5, 0.6) is 5.75 Å². The number of carbonyl (C=O) groups excluding carboxylic acids is 1. The number of benzene rings is 2. The van der Waals surface area contributed by atoms with Gasteiger partial charge in [0.2, 0.25) is 5.91 Å². The van der Waals surface area contributed by atoms with Crippen LogP contribution in [0.2, 0.25) is 0 Å². The minimum Gasteiger partial charge on any atom is -0.497 e. The Bertz CT molecular complexity index is 976. The number of hydrogen-bond acceptors (Lipinski definition) is 5. The number of thioether (sulfide) groups is 1. The average molecular weight is 481 g/mol. The van der Waals surface area contributed by atoms with Crippen LogP contribution >= 0.6 is 11.8 Å². The van der Waals surface area contributed by atoms with Crippen molar-refractivity contribution in [3.8, 4) is 5.75 Å². The molecular weight excluding hydrogens is 451 g/mol. The van der Waals surface area contributed by atoms with Gasteiger partial charge in [-0.15, -0.1) is 0 Å². The Labute approximate surface area is 193 Å². The molecule has 0 aromatic heterocycles. The molecule has 174 valence electrons. The van der Waals surface area contributed by atoms with Crippen molar-refractivity contribution in [1.82, 2.24) is 5.32 Å². The highest BCUT2D eigenvalue weighted by Gasteiger charge is 2.27. The number of ether oxygens (including phenoxy) is 1. The maximum Gasteiger partial charge on any atom is 0.264 e. The molecule has 0 unspecified atom stereocenters. The van der Waals surface area contributed by atoms with Crippen molar-refractivity contribution in [2.75, 3.05) is 30.3 Å². The van der Waals surface area contributed by atoms with Crippen LogP contribution in [-0.2, 0) is 14.8 Å². The number of sulfonamides is 1. The fourth-order valence-corrected chi connectivity index (χ4v) is 6.27. The fourth-order valence-electron chi connectivity index (χ4n) is 3.63. The summed E-state index contributed by atoms with van der Waals surface area (Å²) >= 11 is 1.87. The first kappa shape index (κ1) is 24.4. The lowest BCUT2D eigenvalue weighted by molar-refractivity contribution is -0.119. The molecule has 0 spiro atoms. The van der Waals surface area contributed by atoms with Gasteiger partial charge in [0.15, 0.2) is 0 Å². The van der Waals surface area contributed by atoms with E-state index in [4.69, 9.17) is 4.74 Å². The Morgan fingerprint density at radius 2 is 1.75 bits per heavy atom. The molecule has 0 heterocycles. The van der Waals surface area contributed by atoms with E-state index in [1.165, 1.54) is 51.3 Å². The van der Waals surface area contributed by atoms with Crippen molar-refractivity contribution in [3.63, 3.8) is 0 Å². The summed E-state index contributed by atoms with van der Waals surface area (Å²) in [6.45, 7) is 0.104. The Morgan fingerprint density at radius 1 is 1.09 bits per heavy atom. The average Bonchev–Trinajstić information content (AvgIpc) is 2.81. The zero-order valence-electron chi connectivity index (χ0n) is 18.1. The number of methoxy groups -OCH3 is 1. The van der Waals surface area contributed by atoms with Crippen molar-refractivity contribution < 1.29 is 22.3 Å². The predicted molar refractivity (Wildman–Crippen MR) is 126 cm³/mol. The molecule has 1 saturated carbocycles. The normalized spacial score (nSPS) is 14.7. The first-order valence-electron chi connectivity index (χ1n) is 10.7. The molecule has 1 fully saturated rings. The molecule has 32 heavy (non-hydrogen) atoms. The third-order valence-electron chi connectivity index (χ3n) is 5.38. The van der Waals surface area contributed by atoms with Crippen LogP contribution in [0.15, 0.2) is 53.4 Å². The number of nitrogens with one attached hydrogen (secondary N) is 1. The number of hydrogen-bond donors (Lipinski definition) is 1. The molecule has 0 radical (unpaired) electrons. The first-order chi connectivity index (χ1) is 15.4. The molecule has 1 amide bonds. The van der Waals surface area contributed by atoms with Crippen LogP contribution in [-0.4, -0.2) is 45.5 Å². The zero-order valence-corrected chi connectivity index (χ0v) is 19.8. The molecule has 3 rings (SSSR count). The Morgan fingerprint density at radius 3 is 2.38 bits per heavy atom. The van der Waals surface area contributed by atoms with Crippen LogP contribution in [0.25, 0.3) is 0 Å². The third-order valence-corrected chi connectivity index (χ3v) is 8.55. The molecule has 1 aliphatic rings. The van der Waals surface area contributed by atoms with Gasteiger partial charge in [-0.25, -0.2) is 12.8 Å². The summed E-state index contributed by atoms with van der Waals surface area (Å²) in [4.78, 5) is 12.5. The Hall–Kier alpha value is -2.26. The predicted octanol–water partition coefficient (Wildman–Crippen LogP) is 4.21. The van der Waals surface area contributed by atoms with Crippen molar-refractivity contribution in [3.05, 3.63) is 54.3 Å². The van der Waals surface area contributed by atoms with E-state index >= 15 is 0 Å². The molecule has 1 N–H and O–H groups in total. The maximum absolute atomic E-state index is 13.3. The van der Waals surface area contributed by atoms with E-state index < -0.39 is 21.7 Å². The van der Waals surface area contributed by atoms with E-state index in [1.54, 1.807) is 24.3 Å². The summed E-state index contributed by atoms with van der Waals surface area (Å²) < 4.78 is 46.0. The quantitative estimate of drug-likeness (QED) is 0.516. The van der Waals surface area contributed by atoms with Gasteiger partial charge in [0.25, 0.3) is 10.0 Å². The third kappa shape index (κ3) is 6.62. The van der Waals surface area contributed by atoms with Crippen LogP contribution in [0, 0.1) is 5.82 Å². The second kappa shape index (κ2) is 11.6. The minimum atomic E-state index is -4.07. The van der Waals surface area contributed by atoms with Crippen molar-refractivity contribution in [2.45, 2.75) is 42.2 Å². The highest BCUT2D eigenvalue weighted by atomic mass is 32.2. The van der Waals surface area contributed by atoms with Gasteiger partial charge in [0.1, 0.15) is 18.1 Å². The first-order valence-corrected chi connectivity index (χ1v) is 13.2. The Kier molecular flexibility index (Phi) is 8.81. The van der Waals surface area contributed by atoms with Gasteiger partial charge in [-0.05, 0) is 61.4 Å².